The van der Waals surface area contributed by atoms with Crippen LogP contribution in [0.2, 0.25) is 0 Å². The topological polar surface area (TPSA) is 77.3 Å². The quantitative estimate of drug-likeness (QED) is 0.175. The molecule has 205 valence electrons. The second-order valence-electron chi connectivity index (χ2n) is 8.41. The zero-order chi connectivity index (χ0) is 27.6. The fraction of sp³-hybridized carbons (Fsp3) is 0.0625. The van der Waals surface area contributed by atoms with Crippen molar-refractivity contribution in [3.8, 4) is 45.6 Å². The van der Waals surface area contributed by atoms with Crippen LogP contribution in [0.1, 0.15) is 0 Å². The third-order valence-corrected chi connectivity index (χ3v) is 7.19. The largest absolute Gasteiger partial charge is 0.255 e. The van der Waals surface area contributed by atoms with Crippen LogP contribution in [0.3, 0.4) is 0 Å². The van der Waals surface area contributed by atoms with Gasteiger partial charge in [0.25, 0.3) is 0 Å². The van der Waals surface area contributed by atoms with E-state index in [9.17, 15) is 0 Å². The van der Waals surface area contributed by atoms with Gasteiger partial charge in [0.1, 0.15) is 0 Å². The predicted molar refractivity (Wildman–Crippen MR) is 165 cm³/mol. The fourth-order valence-electron chi connectivity index (χ4n) is 3.83. The molecule has 41 heavy (non-hydrogen) atoms. The van der Waals surface area contributed by atoms with Gasteiger partial charge >= 0.3 is 0 Å². The summed E-state index contributed by atoms with van der Waals surface area (Å²) in [5.41, 5.74) is 7.00. The average Bonchev–Trinajstić information content (AvgIpc) is 3.06. The van der Waals surface area contributed by atoms with Crippen LogP contribution in [0.4, 0.5) is 0 Å². The Balaban J connectivity index is 0.000000184. The molecular formula is C32H26CoN6S2. The Hall–Kier alpha value is -3.89. The second kappa shape index (κ2) is 15.2. The van der Waals surface area contributed by atoms with Crippen LogP contribution >= 0.6 is 23.5 Å². The van der Waals surface area contributed by atoms with Gasteiger partial charge in [-0.15, -0.1) is 23.5 Å². The van der Waals surface area contributed by atoms with Crippen LogP contribution in [0.5, 0.6) is 0 Å². The number of rotatable bonds is 6. The van der Waals surface area contributed by atoms with Crippen LogP contribution in [0, 0.1) is 0 Å². The van der Waals surface area contributed by atoms with Gasteiger partial charge in [-0.05, 0) is 85.3 Å². The zero-order valence-electron chi connectivity index (χ0n) is 22.4. The van der Waals surface area contributed by atoms with E-state index in [0.717, 1.165) is 55.3 Å². The summed E-state index contributed by atoms with van der Waals surface area (Å²) in [5, 5.41) is 0. The van der Waals surface area contributed by atoms with E-state index in [4.69, 9.17) is 0 Å². The molecule has 0 amide bonds. The summed E-state index contributed by atoms with van der Waals surface area (Å²) < 4.78 is 0. The van der Waals surface area contributed by atoms with E-state index in [1.54, 1.807) is 48.3 Å². The molecule has 6 aromatic rings. The molecule has 1 radical (unpaired) electrons. The van der Waals surface area contributed by atoms with Gasteiger partial charge in [-0.3, -0.25) is 19.9 Å². The first-order chi connectivity index (χ1) is 19.7. The molecule has 0 unspecified atom stereocenters. The van der Waals surface area contributed by atoms with E-state index < -0.39 is 0 Å². The third-order valence-electron chi connectivity index (χ3n) is 5.78. The van der Waals surface area contributed by atoms with Crippen molar-refractivity contribution in [1.29, 1.82) is 0 Å². The van der Waals surface area contributed by atoms with Crippen LogP contribution < -0.4 is 0 Å². The van der Waals surface area contributed by atoms with E-state index in [-0.39, 0.29) is 16.8 Å². The van der Waals surface area contributed by atoms with Crippen molar-refractivity contribution in [2.24, 2.45) is 0 Å². The summed E-state index contributed by atoms with van der Waals surface area (Å²) in [4.78, 5) is 29.1. The smallest absolute Gasteiger partial charge is 0.0905 e. The molecule has 6 rings (SSSR count). The Labute approximate surface area is 258 Å². The number of aromatic nitrogens is 6. The molecule has 0 aliphatic rings. The molecule has 6 nitrogen and oxygen atoms in total. The Bertz CT molecular complexity index is 1420. The van der Waals surface area contributed by atoms with Gasteiger partial charge in [0.2, 0.25) is 0 Å². The number of pyridine rings is 6. The molecule has 0 spiro atoms. The van der Waals surface area contributed by atoms with Crippen molar-refractivity contribution in [3.63, 3.8) is 0 Å². The molecule has 6 heterocycles. The minimum absolute atomic E-state index is 0. The molecule has 0 atom stereocenters. The first kappa shape index (κ1) is 30.1. The van der Waals surface area contributed by atoms with Gasteiger partial charge in [-0.2, -0.15) is 0 Å². The first-order valence-corrected chi connectivity index (χ1v) is 15.0. The van der Waals surface area contributed by atoms with Crippen molar-refractivity contribution in [2.45, 2.75) is 9.79 Å². The molecule has 0 N–H and O–H groups in total. The SMILES string of the molecule is CSc1cc(-c2ccccn2)nc(-c2ccccn2)c1.CSc1cc(-c2ccccn2)nc(-c2ccccn2)c1.[Co]. The summed E-state index contributed by atoms with van der Waals surface area (Å²) in [6, 6.07) is 31.6. The summed E-state index contributed by atoms with van der Waals surface area (Å²) in [6.07, 6.45) is 11.2. The first-order valence-electron chi connectivity index (χ1n) is 12.5. The Morgan fingerprint density at radius 2 is 0.659 bits per heavy atom. The van der Waals surface area contributed by atoms with Gasteiger partial charge in [0, 0.05) is 51.4 Å². The van der Waals surface area contributed by atoms with Crippen LogP contribution in [-0.2, 0) is 16.8 Å². The van der Waals surface area contributed by atoms with Gasteiger partial charge in [0.05, 0.1) is 45.6 Å². The monoisotopic (exact) mass is 617 g/mol. The van der Waals surface area contributed by atoms with Gasteiger partial charge in [-0.1, -0.05) is 24.3 Å². The average molecular weight is 618 g/mol. The molecule has 0 fully saturated rings. The van der Waals surface area contributed by atoms with Gasteiger partial charge < -0.3 is 0 Å². The van der Waals surface area contributed by atoms with Gasteiger partial charge in [0.15, 0.2) is 0 Å². The van der Waals surface area contributed by atoms with E-state index >= 15 is 0 Å². The molecule has 0 bridgehead atoms. The van der Waals surface area contributed by atoms with Crippen LogP contribution in [0.15, 0.2) is 132 Å². The van der Waals surface area contributed by atoms with Gasteiger partial charge in [-0.25, -0.2) is 9.97 Å². The number of thioether (sulfide) groups is 2. The molecule has 9 heteroatoms. The number of hydrogen-bond donors (Lipinski definition) is 0. The van der Waals surface area contributed by atoms with Crippen molar-refractivity contribution >= 4 is 23.5 Å². The minimum atomic E-state index is 0. The summed E-state index contributed by atoms with van der Waals surface area (Å²) in [7, 11) is 0. The predicted octanol–water partition coefficient (Wildman–Crippen LogP) is 7.85. The second-order valence-corrected chi connectivity index (χ2v) is 10.2. The Morgan fingerprint density at radius 3 is 0.854 bits per heavy atom. The normalized spacial score (nSPS) is 10.2. The van der Waals surface area contributed by atoms with E-state index in [1.165, 1.54) is 0 Å². The van der Waals surface area contributed by atoms with E-state index in [1.807, 2.05) is 72.8 Å². The zero-order valence-corrected chi connectivity index (χ0v) is 25.1. The fourth-order valence-corrected chi connectivity index (χ4v) is 4.75. The molecular weight excluding hydrogens is 591 g/mol. The molecule has 0 aliphatic carbocycles. The molecule has 0 saturated heterocycles. The van der Waals surface area contributed by atoms with Crippen LogP contribution in [-0.4, -0.2) is 42.4 Å². The summed E-state index contributed by atoms with van der Waals surface area (Å²) in [6.45, 7) is 0. The minimum Gasteiger partial charge on any atom is -0.255 e. The van der Waals surface area contributed by atoms with E-state index in [2.05, 4.69) is 66.7 Å². The molecule has 0 saturated carbocycles. The summed E-state index contributed by atoms with van der Waals surface area (Å²) in [5.74, 6) is 0. The summed E-state index contributed by atoms with van der Waals surface area (Å²) >= 11 is 3.38. The van der Waals surface area contributed by atoms with Crippen molar-refractivity contribution < 1.29 is 16.8 Å². The number of nitrogens with zero attached hydrogens (tertiary/aromatic N) is 6. The maximum Gasteiger partial charge on any atom is 0.0905 e. The Morgan fingerprint density at radius 1 is 0.390 bits per heavy atom. The standard InChI is InChI=1S/2C16H13N3S.Co/c2*1-20-12-10-15(13-6-2-4-8-17-13)19-16(11-12)14-7-3-5-9-18-14;/h2*2-11H,1H3;. The van der Waals surface area contributed by atoms with Crippen LogP contribution in [0.25, 0.3) is 45.6 Å². The van der Waals surface area contributed by atoms with E-state index in [0.29, 0.717) is 0 Å². The Kier molecular flexibility index (Phi) is 11.1. The van der Waals surface area contributed by atoms with Crippen molar-refractivity contribution in [1.82, 2.24) is 29.9 Å². The number of hydrogen-bond acceptors (Lipinski definition) is 8. The van der Waals surface area contributed by atoms with Crippen molar-refractivity contribution in [2.75, 3.05) is 12.5 Å². The third kappa shape index (κ3) is 8.08. The molecule has 0 aliphatic heterocycles. The maximum absolute atomic E-state index is 4.68. The molecule has 6 aromatic heterocycles. The van der Waals surface area contributed by atoms with Crippen molar-refractivity contribution in [3.05, 3.63) is 122 Å². The maximum atomic E-state index is 4.68. The molecule has 0 aromatic carbocycles.